The minimum atomic E-state index is -0.268. The molecule has 6 nitrogen and oxygen atoms in total. The fourth-order valence-electron chi connectivity index (χ4n) is 4.05. The van der Waals surface area contributed by atoms with Gasteiger partial charge in [0, 0.05) is 58.9 Å². The maximum Gasteiger partial charge on any atom is 0.318 e. The van der Waals surface area contributed by atoms with E-state index in [9.17, 15) is 9.18 Å². The third-order valence-electron chi connectivity index (χ3n) is 6.25. The predicted molar refractivity (Wildman–Crippen MR) is 131 cm³/mol. The van der Waals surface area contributed by atoms with E-state index in [0.29, 0.717) is 19.6 Å². The van der Waals surface area contributed by atoms with Crippen LogP contribution in [0.25, 0.3) is 0 Å². The summed E-state index contributed by atoms with van der Waals surface area (Å²) in [6.45, 7) is 10.9. The zero-order valence-electron chi connectivity index (χ0n) is 20.3. The molecule has 1 fully saturated rings. The molecule has 33 heavy (non-hydrogen) atoms. The summed E-state index contributed by atoms with van der Waals surface area (Å²) >= 11 is 0. The first-order chi connectivity index (χ1) is 15.9. The van der Waals surface area contributed by atoms with Gasteiger partial charge in [0.2, 0.25) is 0 Å². The van der Waals surface area contributed by atoms with Gasteiger partial charge in [0.15, 0.2) is 0 Å². The van der Waals surface area contributed by atoms with E-state index in [1.807, 2.05) is 20.2 Å². The molecule has 1 aliphatic rings. The van der Waals surface area contributed by atoms with Crippen LogP contribution in [-0.4, -0.2) is 85.5 Å². The third-order valence-corrected chi connectivity index (χ3v) is 6.25. The number of piperazine rings is 1. The van der Waals surface area contributed by atoms with Crippen LogP contribution in [0.4, 0.5) is 9.18 Å². The highest BCUT2D eigenvalue weighted by atomic mass is 19.1. The van der Waals surface area contributed by atoms with Crippen LogP contribution in [0.1, 0.15) is 23.6 Å². The van der Waals surface area contributed by atoms with E-state index in [4.69, 9.17) is 0 Å². The monoisotopic (exact) mass is 455 g/mol. The Hall–Kier alpha value is -2.48. The molecule has 7 heteroatoms. The van der Waals surface area contributed by atoms with Crippen LogP contribution in [0.5, 0.6) is 0 Å². The number of rotatable bonds is 10. The first-order valence-electron chi connectivity index (χ1n) is 11.9. The molecule has 0 radical (unpaired) electrons. The number of nitrogens with one attached hydrogen (secondary N) is 1. The highest BCUT2D eigenvalue weighted by Crippen LogP contribution is 2.14. The lowest BCUT2D eigenvalue weighted by atomic mass is 10.1. The lowest BCUT2D eigenvalue weighted by molar-refractivity contribution is 0.131. The number of carbonyl (C=O) groups excluding carboxylic acids is 1. The number of hydrogen-bond donors (Lipinski definition) is 1. The Morgan fingerprint density at radius 1 is 0.939 bits per heavy atom. The molecular formula is C26H38FN5O. The van der Waals surface area contributed by atoms with E-state index < -0.39 is 0 Å². The SMILES string of the molecule is CCN1CCN(Cc2ccccc2CNC(=O)N(CCN(C)C)Cc2ccc(F)cc2)CC1. The van der Waals surface area contributed by atoms with Gasteiger partial charge in [-0.1, -0.05) is 43.3 Å². The summed E-state index contributed by atoms with van der Waals surface area (Å²) in [7, 11) is 3.98. The van der Waals surface area contributed by atoms with Gasteiger partial charge in [0.1, 0.15) is 5.82 Å². The molecule has 0 saturated carbocycles. The van der Waals surface area contributed by atoms with Gasteiger partial charge < -0.3 is 20.0 Å². The van der Waals surface area contributed by atoms with E-state index in [1.54, 1.807) is 17.0 Å². The zero-order valence-corrected chi connectivity index (χ0v) is 20.3. The van der Waals surface area contributed by atoms with Crippen molar-refractivity contribution in [3.05, 3.63) is 71.0 Å². The topological polar surface area (TPSA) is 42.1 Å². The summed E-state index contributed by atoms with van der Waals surface area (Å²) in [5.41, 5.74) is 3.33. The molecule has 180 valence electrons. The van der Waals surface area contributed by atoms with Crippen molar-refractivity contribution in [2.24, 2.45) is 0 Å². The molecule has 0 unspecified atom stereocenters. The fraction of sp³-hybridized carbons (Fsp3) is 0.500. The normalized spacial score (nSPS) is 15.1. The molecule has 0 aromatic heterocycles. The molecule has 3 rings (SSSR count). The quantitative estimate of drug-likeness (QED) is 0.597. The van der Waals surface area contributed by atoms with Crippen LogP contribution in [-0.2, 0) is 19.6 Å². The molecular weight excluding hydrogens is 417 g/mol. The molecule has 0 atom stereocenters. The van der Waals surface area contributed by atoms with Gasteiger partial charge >= 0.3 is 6.03 Å². The maximum atomic E-state index is 13.3. The van der Waals surface area contributed by atoms with Gasteiger partial charge in [0.25, 0.3) is 0 Å². The molecule has 1 saturated heterocycles. The number of hydrogen-bond acceptors (Lipinski definition) is 4. The lowest BCUT2D eigenvalue weighted by Crippen LogP contribution is -2.45. The maximum absolute atomic E-state index is 13.3. The van der Waals surface area contributed by atoms with Crippen LogP contribution < -0.4 is 5.32 Å². The van der Waals surface area contributed by atoms with Gasteiger partial charge in [-0.15, -0.1) is 0 Å². The molecule has 2 aromatic carbocycles. The lowest BCUT2D eigenvalue weighted by Gasteiger charge is -2.34. The third kappa shape index (κ3) is 8.11. The summed E-state index contributed by atoms with van der Waals surface area (Å²) in [5, 5.41) is 3.12. The molecule has 0 spiro atoms. The zero-order chi connectivity index (χ0) is 23.6. The Morgan fingerprint density at radius 2 is 1.58 bits per heavy atom. The van der Waals surface area contributed by atoms with Crippen LogP contribution in [0, 0.1) is 5.82 Å². The number of carbonyl (C=O) groups is 1. The molecule has 0 aliphatic carbocycles. The highest BCUT2D eigenvalue weighted by Gasteiger charge is 2.18. The van der Waals surface area contributed by atoms with Crippen molar-refractivity contribution in [1.29, 1.82) is 0 Å². The minimum Gasteiger partial charge on any atom is -0.334 e. The van der Waals surface area contributed by atoms with Gasteiger partial charge in [-0.2, -0.15) is 0 Å². The van der Waals surface area contributed by atoms with Crippen molar-refractivity contribution < 1.29 is 9.18 Å². The molecule has 0 bridgehead atoms. The summed E-state index contributed by atoms with van der Waals surface area (Å²) in [4.78, 5) is 21.9. The first kappa shape index (κ1) is 25.1. The van der Waals surface area contributed by atoms with Crippen LogP contribution in [0.2, 0.25) is 0 Å². The first-order valence-corrected chi connectivity index (χ1v) is 11.9. The Kier molecular flexibility index (Phi) is 9.66. The average Bonchev–Trinajstić information content (AvgIpc) is 2.82. The molecule has 2 aromatic rings. The largest absolute Gasteiger partial charge is 0.334 e. The summed E-state index contributed by atoms with van der Waals surface area (Å²) in [6.07, 6.45) is 0. The molecule has 1 heterocycles. The molecule has 1 N–H and O–H groups in total. The Morgan fingerprint density at radius 3 is 2.21 bits per heavy atom. The van der Waals surface area contributed by atoms with Gasteiger partial charge in [-0.3, -0.25) is 4.90 Å². The highest BCUT2D eigenvalue weighted by molar-refractivity contribution is 5.74. The van der Waals surface area contributed by atoms with Gasteiger partial charge in [0.05, 0.1) is 0 Å². The number of nitrogens with zero attached hydrogens (tertiary/aromatic N) is 4. The van der Waals surface area contributed by atoms with E-state index >= 15 is 0 Å². The number of benzene rings is 2. The Bertz CT molecular complexity index is 865. The van der Waals surface area contributed by atoms with E-state index in [1.165, 1.54) is 17.7 Å². The van der Waals surface area contributed by atoms with Crippen molar-refractivity contribution in [2.45, 2.75) is 26.6 Å². The second kappa shape index (κ2) is 12.7. The minimum absolute atomic E-state index is 0.104. The summed E-state index contributed by atoms with van der Waals surface area (Å²) in [5.74, 6) is -0.268. The number of halogens is 1. The van der Waals surface area contributed by atoms with Crippen molar-refractivity contribution in [3.63, 3.8) is 0 Å². The molecule has 2 amide bonds. The smallest absolute Gasteiger partial charge is 0.318 e. The summed E-state index contributed by atoms with van der Waals surface area (Å²) in [6, 6.07) is 14.6. The van der Waals surface area contributed by atoms with Crippen LogP contribution in [0.15, 0.2) is 48.5 Å². The van der Waals surface area contributed by atoms with Crippen LogP contribution in [0.3, 0.4) is 0 Å². The van der Waals surface area contributed by atoms with Gasteiger partial charge in [-0.05, 0) is 49.5 Å². The second-order valence-electron chi connectivity index (χ2n) is 8.99. The van der Waals surface area contributed by atoms with Crippen LogP contribution >= 0.6 is 0 Å². The number of urea groups is 1. The van der Waals surface area contributed by atoms with Crippen molar-refractivity contribution in [3.8, 4) is 0 Å². The van der Waals surface area contributed by atoms with E-state index in [2.05, 4.69) is 45.1 Å². The predicted octanol–water partition coefficient (Wildman–Crippen LogP) is 3.24. The van der Waals surface area contributed by atoms with E-state index in [0.717, 1.165) is 56.9 Å². The van der Waals surface area contributed by atoms with Crippen molar-refractivity contribution in [2.75, 3.05) is 59.9 Å². The van der Waals surface area contributed by atoms with Gasteiger partial charge in [-0.25, -0.2) is 9.18 Å². The number of likely N-dealkylation sites (N-methyl/N-ethyl adjacent to an activating group) is 2. The summed E-state index contributed by atoms with van der Waals surface area (Å²) < 4.78 is 13.3. The fourth-order valence-corrected chi connectivity index (χ4v) is 4.05. The van der Waals surface area contributed by atoms with E-state index in [-0.39, 0.29) is 11.8 Å². The average molecular weight is 456 g/mol. The molecule has 1 aliphatic heterocycles. The second-order valence-corrected chi connectivity index (χ2v) is 8.99. The van der Waals surface area contributed by atoms with Crippen molar-refractivity contribution in [1.82, 2.24) is 24.9 Å². The Balaban J connectivity index is 1.60. The Labute approximate surface area is 198 Å². The number of amides is 2. The van der Waals surface area contributed by atoms with Crippen molar-refractivity contribution >= 4 is 6.03 Å². The standard InChI is InChI=1S/C26H38FN5O/c1-4-30-14-16-31(17-15-30)21-24-8-6-5-7-23(24)19-28-26(33)32(18-13-29(2)3)20-22-9-11-25(27)12-10-22/h5-12H,4,13-21H2,1-3H3,(H,28,33).